The molecule has 1 aliphatic heterocycles. The van der Waals surface area contributed by atoms with E-state index in [1.54, 1.807) is 0 Å². The van der Waals surface area contributed by atoms with Gasteiger partial charge in [-0.1, -0.05) is 231 Å². The highest BCUT2D eigenvalue weighted by Gasteiger charge is 2.44. The highest BCUT2D eigenvalue weighted by atomic mass is 16.7. The molecule has 0 saturated carbocycles. The molecule has 1 rings (SSSR count). The number of ether oxygens (including phenoxy) is 2. The second-order valence-corrected chi connectivity index (χ2v) is 19.0. The van der Waals surface area contributed by atoms with Crippen molar-refractivity contribution in [3.8, 4) is 0 Å². The molecule has 7 atom stereocenters. The zero-order valence-electron chi connectivity index (χ0n) is 40.6. The molecule has 6 N–H and O–H groups in total. The minimum absolute atomic E-state index is 0.134. The van der Waals surface area contributed by atoms with Gasteiger partial charge in [-0.15, -0.1) is 0 Å². The maximum Gasteiger partial charge on any atom is 0.220 e. The number of aliphatic hydroxyl groups is 5. The number of hydrogen-bond acceptors (Lipinski definition) is 8. The predicted molar refractivity (Wildman–Crippen MR) is 258 cm³/mol. The molecular weight excluding hydrogens is 779 g/mol. The number of amides is 1. The van der Waals surface area contributed by atoms with Gasteiger partial charge < -0.3 is 40.3 Å². The monoisotopic (exact) mass is 882 g/mol. The number of hydrogen-bond donors (Lipinski definition) is 6. The van der Waals surface area contributed by atoms with Gasteiger partial charge in [0.05, 0.1) is 25.4 Å². The molecule has 0 spiro atoms. The standard InChI is InChI=1S/C53H103NO8/c1-3-5-7-9-11-13-15-17-18-19-20-21-22-23-24-25-26-27-28-29-30-31-33-35-37-39-41-43-49(57)54-46(45-61-53-52(60)51(59)50(58)48(44-55)62-53)47(56)42-40-38-36-34-32-16-14-12-10-8-6-4-2/h23-24,46-48,50-53,55-56,58-60H,3-22,25-45H2,1-2H3,(H,54,57)/b24-23-. The first-order valence-corrected chi connectivity index (χ1v) is 26.9. The van der Waals surface area contributed by atoms with Crippen LogP contribution in [0, 0.1) is 0 Å². The van der Waals surface area contributed by atoms with Crippen molar-refractivity contribution in [2.75, 3.05) is 13.2 Å². The van der Waals surface area contributed by atoms with Crippen LogP contribution in [0.5, 0.6) is 0 Å². The molecule has 9 nitrogen and oxygen atoms in total. The van der Waals surface area contributed by atoms with Gasteiger partial charge in [0, 0.05) is 6.42 Å². The molecule has 0 aromatic carbocycles. The topological polar surface area (TPSA) is 149 Å². The zero-order valence-corrected chi connectivity index (χ0v) is 40.6. The summed E-state index contributed by atoms with van der Waals surface area (Å²) >= 11 is 0. The fraction of sp³-hybridized carbons (Fsp3) is 0.943. The van der Waals surface area contributed by atoms with E-state index in [4.69, 9.17) is 9.47 Å². The van der Waals surface area contributed by atoms with Gasteiger partial charge in [0.1, 0.15) is 24.4 Å². The minimum atomic E-state index is -1.55. The van der Waals surface area contributed by atoms with E-state index in [0.29, 0.717) is 12.8 Å². The van der Waals surface area contributed by atoms with Crippen molar-refractivity contribution in [1.29, 1.82) is 0 Å². The van der Waals surface area contributed by atoms with Crippen LogP contribution in [0.2, 0.25) is 0 Å². The number of allylic oxidation sites excluding steroid dienone is 2. The first kappa shape index (κ1) is 58.9. The zero-order chi connectivity index (χ0) is 45.1. The van der Waals surface area contributed by atoms with Crippen LogP contribution in [0.3, 0.4) is 0 Å². The molecule has 0 radical (unpaired) electrons. The molecule has 0 aliphatic carbocycles. The Balaban J connectivity index is 2.16. The molecule has 368 valence electrons. The molecule has 1 fully saturated rings. The van der Waals surface area contributed by atoms with Crippen molar-refractivity contribution in [2.45, 2.75) is 307 Å². The Hall–Kier alpha value is -1.07. The Kier molecular flexibility index (Phi) is 41.6. The van der Waals surface area contributed by atoms with Crippen molar-refractivity contribution in [3.63, 3.8) is 0 Å². The summed E-state index contributed by atoms with van der Waals surface area (Å²) in [6.45, 7) is 3.85. The summed E-state index contributed by atoms with van der Waals surface area (Å²) in [6.07, 6.45) is 45.3. The lowest BCUT2D eigenvalue weighted by Crippen LogP contribution is -2.60. The van der Waals surface area contributed by atoms with E-state index in [1.807, 2.05) is 0 Å². The van der Waals surface area contributed by atoms with Gasteiger partial charge in [-0.2, -0.15) is 0 Å². The average molecular weight is 882 g/mol. The van der Waals surface area contributed by atoms with Gasteiger partial charge in [-0.25, -0.2) is 0 Å². The number of nitrogens with one attached hydrogen (secondary N) is 1. The van der Waals surface area contributed by atoms with Crippen LogP contribution in [0.1, 0.15) is 264 Å². The van der Waals surface area contributed by atoms with Gasteiger partial charge in [0.2, 0.25) is 5.91 Å². The minimum Gasteiger partial charge on any atom is -0.394 e. The van der Waals surface area contributed by atoms with Crippen LogP contribution >= 0.6 is 0 Å². The summed E-state index contributed by atoms with van der Waals surface area (Å²) in [6, 6.07) is -0.715. The average Bonchev–Trinajstić information content (AvgIpc) is 3.27. The van der Waals surface area contributed by atoms with Crippen LogP contribution in [0.4, 0.5) is 0 Å². The quantitative estimate of drug-likeness (QED) is 0.0261. The van der Waals surface area contributed by atoms with Crippen LogP contribution < -0.4 is 5.32 Å². The van der Waals surface area contributed by atoms with Gasteiger partial charge in [-0.3, -0.25) is 4.79 Å². The molecular formula is C53H103NO8. The number of unbranched alkanes of at least 4 members (excludes halogenated alkanes) is 34. The Bertz CT molecular complexity index is 981. The lowest BCUT2D eigenvalue weighted by atomic mass is 9.99. The number of rotatable bonds is 46. The first-order chi connectivity index (χ1) is 30.3. The molecule has 0 bridgehead atoms. The molecule has 0 aromatic heterocycles. The molecule has 7 unspecified atom stereocenters. The van der Waals surface area contributed by atoms with Gasteiger partial charge >= 0.3 is 0 Å². The van der Waals surface area contributed by atoms with Crippen LogP contribution in [-0.4, -0.2) is 87.5 Å². The lowest BCUT2D eigenvalue weighted by molar-refractivity contribution is -0.302. The third-order valence-electron chi connectivity index (χ3n) is 13.1. The second-order valence-electron chi connectivity index (χ2n) is 19.0. The molecule has 1 amide bonds. The van der Waals surface area contributed by atoms with E-state index in [9.17, 15) is 30.3 Å². The predicted octanol–water partition coefficient (Wildman–Crippen LogP) is 12.5. The summed E-state index contributed by atoms with van der Waals surface area (Å²) < 4.78 is 11.3. The third-order valence-corrected chi connectivity index (χ3v) is 13.1. The highest BCUT2D eigenvalue weighted by Crippen LogP contribution is 2.23. The van der Waals surface area contributed by atoms with Crippen molar-refractivity contribution in [1.82, 2.24) is 5.32 Å². The molecule has 62 heavy (non-hydrogen) atoms. The van der Waals surface area contributed by atoms with Gasteiger partial charge in [0.25, 0.3) is 0 Å². The van der Waals surface area contributed by atoms with E-state index < -0.39 is 49.5 Å². The van der Waals surface area contributed by atoms with Gasteiger partial charge in [-0.05, 0) is 38.5 Å². The van der Waals surface area contributed by atoms with Gasteiger partial charge in [0.15, 0.2) is 6.29 Å². The Morgan fingerprint density at radius 3 is 1.31 bits per heavy atom. The fourth-order valence-corrected chi connectivity index (χ4v) is 8.80. The van der Waals surface area contributed by atoms with E-state index in [-0.39, 0.29) is 12.5 Å². The van der Waals surface area contributed by atoms with Crippen LogP contribution in [-0.2, 0) is 14.3 Å². The molecule has 9 heteroatoms. The maximum absolute atomic E-state index is 13.0. The highest BCUT2D eigenvalue weighted by molar-refractivity contribution is 5.76. The Labute approximate surface area is 382 Å². The normalized spacial score (nSPS) is 20.3. The van der Waals surface area contributed by atoms with Crippen LogP contribution in [0.25, 0.3) is 0 Å². The van der Waals surface area contributed by atoms with E-state index in [1.165, 1.54) is 199 Å². The van der Waals surface area contributed by atoms with Crippen molar-refractivity contribution >= 4 is 5.91 Å². The summed E-state index contributed by atoms with van der Waals surface area (Å²) in [7, 11) is 0. The Morgan fingerprint density at radius 1 is 0.532 bits per heavy atom. The summed E-state index contributed by atoms with van der Waals surface area (Å²) in [5.74, 6) is -0.142. The number of carbonyl (C=O) groups is 1. The van der Waals surface area contributed by atoms with E-state index >= 15 is 0 Å². The molecule has 0 aromatic rings. The largest absolute Gasteiger partial charge is 0.394 e. The SMILES string of the molecule is CCCCCCCCCCCCCC/C=C\CCCCCCCCCCCCCC(=O)NC(COC1OC(CO)C(O)C(O)C1O)C(O)CCCCCCCCCCCCCC. The smallest absolute Gasteiger partial charge is 0.220 e. The Morgan fingerprint density at radius 2 is 0.903 bits per heavy atom. The summed E-state index contributed by atoms with van der Waals surface area (Å²) in [4.78, 5) is 13.0. The molecule has 1 aliphatic rings. The summed E-state index contributed by atoms with van der Waals surface area (Å²) in [5.41, 5.74) is 0. The maximum atomic E-state index is 13.0. The molecule has 1 heterocycles. The number of aliphatic hydroxyl groups excluding tert-OH is 5. The third kappa shape index (κ3) is 33.4. The number of carbonyl (C=O) groups excluding carboxylic acids is 1. The fourth-order valence-electron chi connectivity index (χ4n) is 8.80. The second kappa shape index (κ2) is 43.8. The first-order valence-electron chi connectivity index (χ1n) is 26.9. The van der Waals surface area contributed by atoms with Crippen molar-refractivity contribution < 1.29 is 39.8 Å². The van der Waals surface area contributed by atoms with Crippen LogP contribution in [0.15, 0.2) is 12.2 Å². The van der Waals surface area contributed by atoms with E-state index in [0.717, 1.165) is 38.5 Å². The van der Waals surface area contributed by atoms with Crippen molar-refractivity contribution in [3.05, 3.63) is 12.2 Å². The lowest BCUT2D eigenvalue weighted by Gasteiger charge is -2.40. The van der Waals surface area contributed by atoms with Crippen molar-refractivity contribution in [2.24, 2.45) is 0 Å². The molecule has 1 saturated heterocycles. The summed E-state index contributed by atoms with van der Waals surface area (Å²) in [5, 5.41) is 54.4. The van der Waals surface area contributed by atoms with E-state index in [2.05, 4.69) is 31.3 Å².